The summed E-state index contributed by atoms with van der Waals surface area (Å²) in [6, 6.07) is 11.8. The van der Waals surface area contributed by atoms with Gasteiger partial charge in [0, 0.05) is 15.6 Å². The molecule has 2 aromatic rings. The van der Waals surface area contributed by atoms with Gasteiger partial charge in [-0.15, -0.1) is 0 Å². The zero-order valence-corrected chi connectivity index (χ0v) is 13.8. The molecule has 23 heavy (non-hydrogen) atoms. The maximum Gasteiger partial charge on any atom is 0.320 e. The van der Waals surface area contributed by atoms with E-state index in [4.69, 9.17) is 27.9 Å². The molecule has 0 radical (unpaired) electrons. The van der Waals surface area contributed by atoms with Crippen molar-refractivity contribution in [3.05, 3.63) is 58.1 Å². The maximum atomic E-state index is 11.8. The van der Waals surface area contributed by atoms with Crippen LogP contribution in [0.2, 0.25) is 10.0 Å². The standard InChI is InChI=1S/C17H14Cl2N2O2/c1-23-16-8-7-14(19)11-15(16)21-17(22)20-9-3-5-12-4-2-6-13(18)10-12/h2,4,6-8,10-11H,9H2,1H3,(H2,20,21,22). The molecule has 2 N–H and O–H groups in total. The molecule has 0 fully saturated rings. The Labute approximate surface area is 144 Å². The van der Waals surface area contributed by atoms with E-state index < -0.39 is 6.03 Å². The summed E-state index contributed by atoms with van der Waals surface area (Å²) in [5.74, 6) is 6.28. The van der Waals surface area contributed by atoms with E-state index in [2.05, 4.69) is 22.5 Å². The molecule has 0 saturated carbocycles. The van der Waals surface area contributed by atoms with Crippen molar-refractivity contribution in [3.63, 3.8) is 0 Å². The Morgan fingerprint density at radius 3 is 2.70 bits per heavy atom. The molecule has 0 aliphatic heterocycles. The first-order valence-electron chi connectivity index (χ1n) is 6.71. The number of carbonyl (C=O) groups is 1. The molecule has 0 atom stereocenters. The molecule has 0 saturated heterocycles. The fourth-order valence-corrected chi connectivity index (χ4v) is 2.14. The number of amides is 2. The zero-order valence-electron chi connectivity index (χ0n) is 12.3. The van der Waals surface area contributed by atoms with E-state index in [1.54, 1.807) is 30.3 Å². The number of carbonyl (C=O) groups excluding carboxylic acids is 1. The molecule has 2 aromatic carbocycles. The summed E-state index contributed by atoms with van der Waals surface area (Å²) >= 11 is 11.8. The summed E-state index contributed by atoms with van der Waals surface area (Å²) < 4.78 is 5.15. The number of benzene rings is 2. The smallest absolute Gasteiger partial charge is 0.320 e. The van der Waals surface area contributed by atoms with Crippen LogP contribution in [0.1, 0.15) is 5.56 Å². The SMILES string of the molecule is COc1ccc(Cl)cc1NC(=O)NCC#Cc1cccc(Cl)c1. The molecule has 0 bridgehead atoms. The molecule has 0 heterocycles. The summed E-state index contributed by atoms with van der Waals surface area (Å²) in [5, 5.41) is 6.42. The van der Waals surface area contributed by atoms with E-state index in [-0.39, 0.29) is 6.54 Å². The van der Waals surface area contributed by atoms with Crippen LogP contribution in [0.5, 0.6) is 5.75 Å². The van der Waals surface area contributed by atoms with Crippen LogP contribution in [0, 0.1) is 11.8 Å². The van der Waals surface area contributed by atoms with Crippen LogP contribution >= 0.6 is 23.2 Å². The lowest BCUT2D eigenvalue weighted by Gasteiger charge is -2.10. The highest BCUT2D eigenvalue weighted by atomic mass is 35.5. The lowest BCUT2D eigenvalue weighted by Crippen LogP contribution is -2.29. The molecule has 2 amide bonds. The van der Waals surface area contributed by atoms with Crippen molar-refractivity contribution in [2.45, 2.75) is 0 Å². The second-order valence-electron chi connectivity index (χ2n) is 4.46. The quantitative estimate of drug-likeness (QED) is 0.817. The number of methoxy groups -OCH3 is 1. The number of halogens is 2. The van der Waals surface area contributed by atoms with Crippen molar-refractivity contribution in [1.82, 2.24) is 5.32 Å². The van der Waals surface area contributed by atoms with Gasteiger partial charge in [0.15, 0.2) is 0 Å². The summed E-state index contributed by atoms with van der Waals surface area (Å²) in [7, 11) is 1.52. The Morgan fingerprint density at radius 2 is 1.96 bits per heavy atom. The number of urea groups is 1. The molecule has 0 aliphatic rings. The maximum absolute atomic E-state index is 11.8. The van der Waals surface area contributed by atoms with Crippen LogP contribution in [0.4, 0.5) is 10.5 Å². The van der Waals surface area contributed by atoms with Gasteiger partial charge in [-0.25, -0.2) is 4.79 Å². The Kier molecular flexibility index (Phi) is 6.16. The molecule has 2 rings (SSSR count). The first-order valence-corrected chi connectivity index (χ1v) is 7.47. The van der Waals surface area contributed by atoms with Crippen molar-refractivity contribution in [3.8, 4) is 17.6 Å². The second kappa shape index (κ2) is 8.33. The van der Waals surface area contributed by atoms with Crippen LogP contribution in [0.3, 0.4) is 0 Å². The Hall–Kier alpha value is -2.35. The zero-order chi connectivity index (χ0) is 16.7. The van der Waals surface area contributed by atoms with Gasteiger partial charge >= 0.3 is 6.03 Å². The van der Waals surface area contributed by atoms with Gasteiger partial charge in [0.05, 0.1) is 19.3 Å². The largest absolute Gasteiger partial charge is 0.495 e. The number of nitrogens with one attached hydrogen (secondary N) is 2. The summed E-state index contributed by atoms with van der Waals surface area (Å²) in [4.78, 5) is 11.8. The molecular weight excluding hydrogens is 335 g/mol. The van der Waals surface area contributed by atoms with Crippen LogP contribution in [0.15, 0.2) is 42.5 Å². The molecule has 0 aliphatic carbocycles. The molecule has 0 spiro atoms. The van der Waals surface area contributed by atoms with E-state index >= 15 is 0 Å². The van der Waals surface area contributed by atoms with Gasteiger partial charge in [0.25, 0.3) is 0 Å². The first kappa shape index (κ1) is 17.0. The van der Waals surface area contributed by atoms with E-state index in [1.807, 2.05) is 12.1 Å². The van der Waals surface area contributed by atoms with E-state index in [1.165, 1.54) is 7.11 Å². The Morgan fingerprint density at radius 1 is 1.17 bits per heavy atom. The van der Waals surface area contributed by atoms with Crippen LogP contribution in [-0.4, -0.2) is 19.7 Å². The number of hydrogen-bond donors (Lipinski definition) is 2. The van der Waals surface area contributed by atoms with Gasteiger partial charge in [-0.3, -0.25) is 0 Å². The number of ether oxygens (including phenoxy) is 1. The molecule has 4 nitrogen and oxygen atoms in total. The third kappa shape index (κ3) is 5.41. The van der Waals surface area contributed by atoms with E-state index in [0.717, 1.165) is 5.56 Å². The topological polar surface area (TPSA) is 50.4 Å². The Balaban J connectivity index is 1.90. The fraction of sp³-hybridized carbons (Fsp3) is 0.118. The average Bonchev–Trinajstić information content (AvgIpc) is 2.52. The number of hydrogen-bond acceptors (Lipinski definition) is 2. The van der Waals surface area contributed by atoms with E-state index in [9.17, 15) is 4.79 Å². The van der Waals surface area contributed by atoms with Crippen molar-refractivity contribution in [2.75, 3.05) is 19.0 Å². The Bertz CT molecular complexity index is 767. The minimum atomic E-state index is -0.397. The predicted molar refractivity (Wildman–Crippen MR) is 93.4 cm³/mol. The van der Waals surface area contributed by atoms with E-state index in [0.29, 0.717) is 21.5 Å². The number of anilines is 1. The summed E-state index contributed by atoms with van der Waals surface area (Å²) in [5.41, 5.74) is 1.27. The highest BCUT2D eigenvalue weighted by Gasteiger charge is 2.07. The lowest BCUT2D eigenvalue weighted by atomic mass is 10.2. The molecule has 118 valence electrons. The average molecular weight is 349 g/mol. The minimum absolute atomic E-state index is 0.196. The first-order chi connectivity index (χ1) is 11.1. The summed E-state index contributed by atoms with van der Waals surface area (Å²) in [6.07, 6.45) is 0. The third-order valence-electron chi connectivity index (χ3n) is 2.80. The van der Waals surface area contributed by atoms with Crippen molar-refractivity contribution in [1.29, 1.82) is 0 Å². The third-order valence-corrected chi connectivity index (χ3v) is 3.27. The fourth-order valence-electron chi connectivity index (χ4n) is 1.78. The van der Waals surface area contributed by atoms with Crippen molar-refractivity contribution < 1.29 is 9.53 Å². The molecule has 0 aromatic heterocycles. The second-order valence-corrected chi connectivity index (χ2v) is 5.34. The monoisotopic (exact) mass is 348 g/mol. The predicted octanol–water partition coefficient (Wildman–Crippen LogP) is 4.18. The van der Waals surface area contributed by atoms with Crippen molar-refractivity contribution in [2.24, 2.45) is 0 Å². The van der Waals surface area contributed by atoms with Gasteiger partial charge in [-0.2, -0.15) is 0 Å². The normalized spacial score (nSPS) is 9.52. The molecule has 0 unspecified atom stereocenters. The lowest BCUT2D eigenvalue weighted by molar-refractivity contribution is 0.253. The minimum Gasteiger partial charge on any atom is -0.495 e. The molecular formula is C17H14Cl2N2O2. The summed E-state index contributed by atoms with van der Waals surface area (Å²) in [6.45, 7) is 0.196. The molecule has 6 heteroatoms. The highest BCUT2D eigenvalue weighted by molar-refractivity contribution is 6.31. The van der Waals surface area contributed by atoms with Gasteiger partial charge in [0.1, 0.15) is 5.75 Å². The van der Waals surface area contributed by atoms with Gasteiger partial charge < -0.3 is 15.4 Å². The van der Waals surface area contributed by atoms with Crippen LogP contribution in [-0.2, 0) is 0 Å². The van der Waals surface area contributed by atoms with Crippen LogP contribution in [0.25, 0.3) is 0 Å². The van der Waals surface area contributed by atoms with Crippen molar-refractivity contribution >= 4 is 34.9 Å². The highest BCUT2D eigenvalue weighted by Crippen LogP contribution is 2.27. The van der Waals surface area contributed by atoms with Gasteiger partial charge in [-0.05, 0) is 36.4 Å². The number of rotatable bonds is 3. The van der Waals surface area contributed by atoms with Crippen LogP contribution < -0.4 is 15.4 Å². The van der Waals surface area contributed by atoms with Gasteiger partial charge in [-0.1, -0.05) is 41.1 Å². The van der Waals surface area contributed by atoms with Gasteiger partial charge in [0.2, 0.25) is 0 Å².